The fourth-order valence-corrected chi connectivity index (χ4v) is 6.67. The molecular formula is C27H44N6O2S. The molecular weight excluding hydrogens is 472 g/mol. The van der Waals surface area contributed by atoms with E-state index in [2.05, 4.69) is 48.7 Å². The number of amides is 3. The third-order valence-corrected chi connectivity index (χ3v) is 8.51. The van der Waals surface area contributed by atoms with Crippen LogP contribution < -0.4 is 11.1 Å². The van der Waals surface area contributed by atoms with Crippen molar-refractivity contribution in [3.05, 3.63) is 22.8 Å². The highest BCUT2D eigenvalue weighted by Crippen LogP contribution is 2.39. The molecule has 0 spiro atoms. The Morgan fingerprint density at radius 2 is 2.00 bits per heavy atom. The zero-order chi connectivity index (χ0) is 26.6. The summed E-state index contributed by atoms with van der Waals surface area (Å²) in [5.41, 5.74) is 7.29. The van der Waals surface area contributed by atoms with Gasteiger partial charge in [-0.1, -0.05) is 20.4 Å². The van der Waals surface area contributed by atoms with Gasteiger partial charge in [-0.2, -0.15) is 5.26 Å². The fraction of sp³-hybridized carbons (Fsp3) is 0.741. The van der Waals surface area contributed by atoms with Gasteiger partial charge in [0.05, 0.1) is 16.5 Å². The van der Waals surface area contributed by atoms with Gasteiger partial charge in [0.1, 0.15) is 6.07 Å². The topological polar surface area (TPSA) is 106 Å². The Hall–Kier alpha value is -2.02. The molecule has 2 heterocycles. The molecule has 0 bridgehead atoms. The number of nitrogens with zero attached hydrogens (tertiary/aromatic N) is 4. The van der Waals surface area contributed by atoms with Crippen LogP contribution >= 0.6 is 11.8 Å². The summed E-state index contributed by atoms with van der Waals surface area (Å²) in [7, 11) is 6.11. The summed E-state index contributed by atoms with van der Waals surface area (Å²) >= 11 is 1.52. The molecule has 9 heteroatoms. The first kappa shape index (κ1) is 28.5. The maximum Gasteiger partial charge on any atom is 0.324 e. The molecule has 0 aromatic rings. The van der Waals surface area contributed by atoms with Gasteiger partial charge in [0.15, 0.2) is 0 Å². The summed E-state index contributed by atoms with van der Waals surface area (Å²) < 4.78 is 0. The van der Waals surface area contributed by atoms with Crippen LogP contribution in [0.15, 0.2) is 22.8 Å². The molecule has 1 saturated carbocycles. The normalized spacial score (nSPS) is 27.9. The SMILES string of the molecule is C=C1C[C@H]2C[C@@H](C(=O)N(CC3CC3)C(=O)NCC(C)(C)CN(C)C)CN(C)[C@@H]2CCS/C(N)=C\1C#N. The Balaban J connectivity index is 1.73. The van der Waals surface area contributed by atoms with Crippen molar-refractivity contribution >= 4 is 23.7 Å². The maximum atomic E-state index is 13.8. The minimum atomic E-state index is -0.277. The van der Waals surface area contributed by atoms with Crippen LogP contribution in [0.1, 0.15) is 46.0 Å². The Kier molecular flexibility index (Phi) is 9.53. The predicted octanol–water partition coefficient (Wildman–Crippen LogP) is 3.24. The molecule has 3 aliphatic rings. The van der Waals surface area contributed by atoms with Crippen LogP contribution in [0.3, 0.4) is 0 Å². The lowest BCUT2D eigenvalue weighted by molar-refractivity contribution is -0.136. The Morgan fingerprint density at radius 3 is 2.61 bits per heavy atom. The number of nitrogens with two attached hydrogens (primary N) is 1. The molecule has 0 radical (unpaired) electrons. The summed E-state index contributed by atoms with van der Waals surface area (Å²) in [6, 6.07) is 2.25. The Morgan fingerprint density at radius 1 is 1.31 bits per heavy atom. The highest BCUT2D eigenvalue weighted by molar-refractivity contribution is 8.03. The number of hydrogen-bond acceptors (Lipinski definition) is 7. The van der Waals surface area contributed by atoms with Crippen molar-refractivity contribution < 1.29 is 9.59 Å². The van der Waals surface area contributed by atoms with Crippen molar-refractivity contribution in [2.75, 3.05) is 53.1 Å². The second-order valence-corrected chi connectivity index (χ2v) is 13.1. The van der Waals surface area contributed by atoms with E-state index >= 15 is 0 Å². The van der Waals surface area contributed by atoms with Gasteiger partial charge in [-0.3, -0.25) is 9.69 Å². The third kappa shape index (κ3) is 7.50. The smallest absolute Gasteiger partial charge is 0.324 e. The average Bonchev–Trinajstić information content (AvgIpc) is 3.60. The monoisotopic (exact) mass is 516 g/mol. The van der Waals surface area contributed by atoms with Gasteiger partial charge >= 0.3 is 6.03 Å². The number of thioether (sulfide) groups is 1. The minimum Gasteiger partial charge on any atom is -0.392 e. The van der Waals surface area contributed by atoms with Gasteiger partial charge in [0, 0.05) is 38.0 Å². The molecule has 0 aromatic heterocycles. The van der Waals surface area contributed by atoms with E-state index in [9.17, 15) is 14.9 Å². The lowest BCUT2D eigenvalue weighted by Crippen LogP contribution is -2.55. The molecule has 8 nitrogen and oxygen atoms in total. The van der Waals surface area contributed by atoms with Crippen LogP contribution in [0.4, 0.5) is 4.79 Å². The average molecular weight is 517 g/mol. The lowest BCUT2D eigenvalue weighted by atomic mass is 9.77. The number of nitrogens with one attached hydrogen (secondary N) is 1. The zero-order valence-electron chi connectivity index (χ0n) is 22.7. The van der Waals surface area contributed by atoms with Gasteiger partial charge in [0.25, 0.3) is 0 Å². The number of imide groups is 1. The summed E-state index contributed by atoms with van der Waals surface area (Å²) in [6.07, 6.45) is 4.40. The minimum absolute atomic E-state index is 0.0782. The van der Waals surface area contributed by atoms with E-state index in [-0.39, 0.29) is 29.2 Å². The number of rotatable bonds is 7. The summed E-state index contributed by atoms with van der Waals surface area (Å²) in [5, 5.41) is 13.2. The standard InChI is InChI=1S/C27H44N6O2S/c1-18-11-20-12-21(15-32(6)23(20)9-10-36-24(29)22(18)13-28)25(34)33(14-19-7-8-19)26(35)30-16-27(2,3)17-31(4)5/h19-21,23H,1,7-12,14-17,29H2,2-6H3,(H,30,35)/b24-22-/t20-,21+,23+/m0/s1. The van der Waals surface area contributed by atoms with Crippen LogP contribution in [0.5, 0.6) is 0 Å². The molecule has 36 heavy (non-hydrogen) atoms. The number of hydrogen-bond donors (Lipinski definition) is 2. The summed E-state index contributed by atoms with van der Waals surface area (Å²) in [6.45, 7) is 10.9. The van der Waals surface area contributed by atoms with Crippen molar-refractivity contribution in [2.45, 2.75) is 52.0 Å². The number of allylic oxidation sites excluding steroid dienone is 2. The number of piperidine rings is 1. The van der Waals surface area contributed by atoms with E-state index in [0.29, 0.717) is 55.0 Å². The molecule has 0 unspecified atom stereocenters. The molecule has 3 rings (SSSR count). The molecule has 0 aromatic carbocycles. The molecule has 1 saturated heterocycles. The number of fused-ring (bicyclic) bond motifs is 1. The molecule has 2 aliphatic heterocycles. The number of carbonyl (C=O) groups excluding carboxylic acids is 2. The Bertz CT molecular complexity index is 920. The van der Waals surface area contributed by atoms with Crippen molar-refractivity contribution in [1.82, 2.24) is 20.0 Å². The largest absolute Gasteiger partial charge is 0.392 e. The lowest BCUT2D eigenvalue weighted by Gasteiger charge is -2.43. The van der Waals surface area contributed by atoms with E-state index in [1.165, 1.54) is 16.7 Å². The van der Waals surface area contributed by atoms with E-state index in [1.54, 1.807) is 0 Å². The molecule has 2 fully saturated rings. The van der Waals surface area contributed by atoms with Gasteiger partial charge in [0.2, 0.25) is 5.91 Å². The number of carbonyl (C=O) groups is 2. The summed E-state index contributed by atoms with van der Waals surface area (Å²) in [5.74, 6) is 1.09. The first-order valence-corrected chi connectivity index (χ1v) is 14.1. The first-order chi connectivity index (χ1) is 16.9. The van der Waals surface area contributed by atoms with E-state index in [1.807, 2.05) is 14.1 Å². The predicted molar refractivity (Wildman–Crippen MR) is 146 cm³/mol. The highest BCUT2D eigenvalue weighted by atomic mass is 32.2. The van der Waals surface area contributed by atoms with Gasteiger partial charge in [-0.15, -0.1) is 11.8 Å². The zero-order valence-corrected chi connectivity index (χ0v) is 23.5. The Labute approximate surface area is 221 Å². The summed E-state index contributed by atoms with van der Waals surface area (Å²) in [4.78, 5) is 33.0. The second-order valence-electron chi connectivity index (χ2n) is 11.9. The van der Waals surface area contributed by atoms with Crippen LogP contribution in [-0.2, 0) is 4.79 Å². The third-order valence-electron chi connectivity index (χ3n) is 7.56. The van der Waals surface area contributed by atoms with Crippen molar-refractivity contribution in [1.29, 1.82) is 5.26 Å². The van der Waals surface area contributed by atoms with Gasteiger partial charge in [-0.25, -0.2) is 4.79 Å². The van der Waals surface area contributed by atoms with Crippen LogP contribution in [0.2, 0.25) is 0 Å². The number of nitriles is 1. The maximum absolute atomic E-state index is 13.8. The first-order valence-electron chi connectivity index (χ1n) is 13.1. The van der Waals surface area contributed by atoms with Gasteiger partial charge < -0.3 is 20.9 Å². The molecule has 3 amide bonds. The van der Waals surface area contributed by atoms with E-state index in [0.717, 1.165) is 37.1 Å². The molecule has 3 atom stereocenters. The fourth-order valence-electron chi connectivity index (χ4n) is 5.76. The highest BCUT2D eigenvalue weighted by Gasteiger charge is 2.41. The van der Waals surface area contributed by atoms with Crippen LogP contribution in [0.25, 0.3) is 0 Å². The van der Waals surface area contributed by atoms with Crippen molar-refractivity contribution in [3.63, 3.8) is 0 Å². The van der Waals surface area contributed by atoms with Gasteiger partial charge in [-0.05, 0) is 76.1 Å². The quantitative estimate of drug-likeness (QED) is 0.535. The van der Waals surface area contributed by atoms with Crippen molar-refractivity contribution in [2.24, 2.45) is 28.9 Å². The number of urea groups is 1. The molecule has 1 aliphatic carbocycles. The molecule has 200 valence electrons. The van der Waals surface area contributed by atoms with E-state index in [4.69, 9.17) is 5.73 Å². The molecule has 3 N–H and O–H groups in total. The number of likely N-dealkylation sites (tertiary alicyclic amines) is 1. The van der Waals surface area contributed by atoms with E-state index < -0.39 is 0 Å². The second kappa shape index (κ2) is 12.0. The van der Waals surface area contributed by atoms with Crippen molar-refractivity contribution in [3.8, 4) is 6.07 Å². The van der Waals surface area contributed by atoms with Crippen LogP contribution in [0, 0.1) is 34.5 Å². The van der Waals surface area contributed by atoms with Crippen LogP contribution in [-0.4, -0.2) is 85.8 Å².